The average molecular weight is 309 g/mol. The van der Waals surface area contributed by atoms with E-state index >= 15 is 0 Å². The molecule has 2 aliphatic heterocycles. The number of nitrogens with one attached hydrogen (secondary N) is 1. The molecule has 3 rings (SSSR count). The first kappa shape index (κ1) is 16.3. The largest absolute Gasteiger partial charge is 0.316 e. The zero-order valence-corrected chi connectivity index (χ0v) is 13.7. The molecule has 1 fully saturated rings. The lowest BCUT2D eigenvalue weighted by Gasteiger charge is -2.32. The molecule has 0 saturated carbocycles. The molecular formula is C17H25ClN2O. The Labute approximate surface area is 133 Å². The van der Waals surface area contributed by atoms with Gasteiger partial charge in [0.2, 0.25) is 5.91 Å². The molecule has 3 nitrogen and oxygen atoms in total. The van der Waals surface area contributed by atoms with Crippen molar-refractivity contribution in [2.24, 2.45) is 5.92 Å². The molecule has 0 aromatic heterocycles. The van der Waals surface area contributed by atoms with Crippen molar-refractivity contribution in [2.45, 2.75) is 39.0 Å². The molecule has 0 radical (unpaired) electrons. The van der Waals surface area contributed by atoms with Gasteiger partial charge in [0.1, 0.15) is 0 Å². The van der Waals surface area contributed by atoms with E-state index in [0.717, 1.165) is 44.6 Å². The van der Waals surface area contributed by atoms with Crippen LogP contribution in [0.15, 0.2) is 18.2 Å². The minimum Gasteiger partial charge on any atom is -0.316 e. The Balaban J connectivity index is 0.00000161. The zero-order valence-electron chi connectivity index (χ0n) is 12.9. The molecule has 116 valence electrons. The smallest absolute Gasteiger partial charge is 0.231 e. The van der Waals surface area contributed by atoms with Crippen molar-refractivity contribution < 1.29 is 4.79 Å². The molecule has 1 aromatic rings. The lowest BCUT2D eigenvalue weighted by atomic mass is 9.94. The number of carbonyl (C=O) groups excluding carboxylic acids is 1. The van der Waals surface area contributed by atoms with E-state index in [9.17, 15) is 4.79 Å². The molecule has 1 atom stereocenters. The highest BCUT2D eigenvalue weighted by atomic mass is 35.5. The second-order valence-corrected chi connectivity index (χ2v) is 6.33. The molecule has 0 spiro atoms. The second kappa shape index (κ2) is 6.80. The number of halogens is 1. The maximum atomic E-state index is 12.7. The maximum Gasteiger partial charge on any atom is 0.231 e. The lowest BCUT2D eigenvalue weighted by Crippen LogP contribution is -2.40. The van der Waals surface area contributed by atoms with Crippen molar-refractivity contribution >= 4 is 24.0 Å². The van der Waals surface area contributed by atoms with E-state index in [1.807, 2.05) is 4.90 Å². The summed E-state index contributed by atoms with van der Waals surface area (Å²) in [6.07, 6.45) is 3.16. The minimum atomic E-state index is 0. The molecule has 21 heavy (non-hydrogen) atoms. The normalized spacial score (nSPS) is 21.1. The summed E-state index contributed by atoms with van der Waals surface area (Å²) in [4.78, 5) is 14.7. The van der Waals surface area contributed by atoms with Crippen molar-refractivity contribution in [3.05, 3.63) is 29.3 Å². The number of rotatable bonds is 2. The maximum absolute atomic E-state index is 12.7. The number of amides is 1. The van der Waals surface area contributed by atoms with Gasteiger partial charge >= 0.3 is 0 Å². The fraction of sp³-hybridized carbons (Fsp3) is 0.588. The van der Waals surface area contributed by atoms with Gasteiger partial charge in [-0.2, -0.15) is 0 Å². The molecule has 0 aliphatic carbocycles. The third-order valence-electron chi connectivity index (χ3n) is 4.56. The van der Waals surface area contributed by atoms with Crippen molar-refractivity contribution in [3.8, 4) is 0 Å². The summed E-state index contributed by atoms with van der Waals surface area (Å²) in [5, 5.41) is 3.29. The number of aryl methyl sites for hydroxylation is 1. The summed E-state index contributed by atoms with van der Waals surface area (Å²) in [5.74, 6) is 1.03. The highest BCUT2D eigenvalue weighted by molar-refractivity contribution is 5.96. The third kappa shape index (κ3) is 3.24. The fourth-order valence-electron chi connectivity index (χ4n) is 3.29. The van der Waals surface area contributed by atoms with Crippen LogP contribution in [0.1, 0.15) is 43.7 Å². The number of anilines is 1. The Morgan fingerprint density at radius 1 is 1.38 bits per heavy atom. The number of hydrogen-bond donors (Lipinski definition) is 1. The van der Waals surface area contributed by atoms with Gasteiger partial charge in [0, 0.05) is 18.8 Å². The number of carbonyl (C=O) groups is 1. The Morgan fingerprint density at radius 3 is 2.86 bits per heavy atom. The predicted octanol–water partition coefficient (Wildman–Crippen LogP) is 3.12. The Hall–Kier alpha value is -1.06. The van der Waals surface area contributed by atoms with E-state index in [1.54, 1.807) is 0 Å². The topological polar surface area (TPSA) is 32.3 Å². The SMILES string of the molecule is CC(C)c1ccc2c(c1)CCCN2C(=O)C1CCNC1.Cl. The average Bonchev–Trinajstić information content (AvgIpc) is 2.99. The Bertz CT molecular complexity index is 510. The van der Waals surface area contributed by atoms with Gasteiger partial charge in [-0.1, -0.05) is 26.0 Å². The highest BCUT2D eigenvalue weighted by Crippen LogP contribution is 2.31. The van der Waals surface area contributed by atoms with E-state index in [-0.39, 0.29) is 18.3 Å². The van der Waals surface area contributed by atoms with Crippen LogP contribution in [-0.2, 0) is 11.2 Å². The van der Waals surface area contributed by atoms with Crippen LogP contribution in [0.2, 0.25) is 0 Å². The quantitative estimate of drug-likeness (QED) is 0.910. The molecule has 0 bridgehead atoms. The monoisotopic (exact) mass is 308 g/mol. The van der Waals surface area contributed by atoms with Crippen molar-refractivity contribution in [1.29, 1.82) is 0 Å². The first-order valence-corrected chi connectivity index (χ1v) is 7.81. The number of hydrogen-bond acceptors (Lipinski definition) is 2. The second-order valence-electron chi connectivity index (χ2n) is 6.33. The molecular weight excluding hydrogens is 284 g/mol. The Kier molecular flexibility index (Phi) is 5.28. The fourth-order valence-corrected chi connectivity index (χ4v) is 3.29. The predicted molar refractivity (Wildman–Crippen MR) is 89.4 cm³/mol. The minimum absolute atomic E-state index is 0. The molecule has 4 heteroatoms. The van der Waals surface area contributed by atoms with Crippen LogP contribution in [0.3, 0.4) is 0 Å². The standard InChI is InChI=1S/C17H24N2O.ClH/c1-12(2)13-5-6-16-14(10-13)4-3-9-19(16)17(20)15-7-8-18-11-15;/h5-6,10,12,15,18H,3-4,7-9,11H2,1-2H3;1H. The van der Waals surface area contributed by atoms with Crippen molar-refractivity contribution in [3.63, 3.8) is 0 Å². The van der Waals surface area contributed by atoms with E-state index in [2.05, 4.69) is 37.4 Å². The summed E-state index contributed by atoms with van der Waals surface area (Å²) in [6.45, 7) is 7.14. The summed E-state index contributed by atoms with van der Waals surface area (Å²) in [6, 6.07) is 6.64. The molecule has 1 N–H and O–H groups in total. The Morgan fingerprint density at radius 2 is 2.19 bits per heavy atom. The molecule has 1 saturated heterocycles. The number of fused-ring (bicyclic) bond motifs is 1. The molecule has 2 aliphatic rings. The van der Waals surface area contributed by atoms with Crippen molar-refractivity contribution in [1.82, 2.24) is 5.32 Å². The van der Waals surface area contributed by atoms with Crippen LogP contribution in [0.25, 0.3) is 0 Å². The molecule has 1 aromatic carbocycles. The third-order valence-corrected chi connectivity index (χ3v) is 4.56. The van der Waals surface area contributed by atoms with Gasteiger partial charge in [-0.25, -0.2) is 0 Å². The van der Waals surface area contributed by atoms with Crippen LogP contribution in [0.4, 0.5) is 5.69 Å². The lowest BCUT2D eigenvalue weighted by molar-refractivity contribution is -0.121. The van der Waals surface area contributed by atoms with Gasteiger partial charge in [-0.3, -0.25) is 4.79 Å². The number of benzene rings is 1. The van der Waals surface area contributed by atoms with Gasteiger partial charge < -0.3 is 10.2 Å². The first-order valence-electron chi connectivity index (χ1n) is 7.81. The van der Waals surface area contributed by atoms with Crippen LogP contribution >= 0.6 is 12.4 Å². The summed E-state index contributed by atoms with van der Waals surface area (Å²) in [7, 11) is 0. The molecule has 2 heterocycles. The van der Waals surface area contributed by atoms with Crippen LogP contribution in [0.5, 0.6) is 0 Å². The highest BCUT2D eigenvalue weighted by Gasteiger charge is 2.30. The number of nitrogens with zero attached hydrogens (tertiary/aromatic N) is 1. The van der Waals surface area contributed by atoms with Gasteiger partial charge in [-0.15, -0.1) is 12.4 Å². The van der Waals surface area contributed by atoms with Gasteiger partial charge in [0.15, 0.2) is 0 Å². The summed E-state index contributed by atoms with van der Waals surface area (Å²) >= 11 is 0. The van der Waals surface area contributed by atoms with Gasteiger partial charge in [0.25, 0.3) is 0 Å². The summed E-state index contributed by atoms with van der Waals surface area (Å²) < 4.78 is 0. The van der Waals surface area contributed by atoms with E-state index in [1.165, 1.54) is 11.1 Å². The van der Waals surface area contributed by atoms with Crippen LogP contribution < -0.4 is 10.2 Å². The van der Waals surface area contributed by atoms with E-state index in [4.69, 9.17) is 0 Å². The summed E-state index contributed by atoms with van der Waals surface area (Å²) in [5.41, 5.74) is 3.87. The van der Waals surface area contributed by atoms with Gasteiger partial charge in [-0.05, 0) is 48.9 Å². The zero-order chi connectivity index (χ0) is 14.1. The first-order chi connectivity index (χ1) is 9.66. The molecule has 1 unspecified atom stereocenters. The van der Waals surface area contributed by atoms with E-state index < -0.39 is 0 Å². The van der Waals surface area contributed by atoms with Gasteiger partial charge in [0.05, 0.1) is 5.92 Å². The van der Waals surface area contributed by atoms with Crippen molar-refractivity contribution in [2.75, 3.05) is 24.5 Å². The molecule has 1 amide bonds. The van der Waals surface area contributed by atoms with E-state index in [0.29, 0.717) is 11.8 Å². The van der Waals surface area contributed by atoms with Crippen LogP contribution in [0, 0.1) is 5.92 Å². The van der Waals surface area contributed by atoms with Crippen LogP contribution in [-0.4, -0.2) is 25.5 Å².